The number of hydrogen-bond acceptors (Lipinski definition) is 9. The molecule has 11 heteroatoms. The highest BCUT2D eigenvalue weighted by Crippen LogP contribution is 2.55. The maximum Gasteiger partial charge on any atom is 0.256 e. The lowest BCUT2D eigenvalue weighted by Crippen LogP contribution is -2.72. The molecule has 1 amide bonds. The molecule has 3 aliphatic carbocycles. The monoisotopic (exact) mass is 458 g/mol. The van der Waals surface area contributed by atoms with Crippen LogP contribution < -0.4 is 5.73 Å². The highest BCUT2D eigenvalue weighted by Gasteiger charge is 2.70. The third kappa shape index (κ3) is 2.67. The minimum absolute atomic E-state index is 0.0724. The van der Waals surface area contributed by atoms with E-state index < -0.39 is 80.1 Å². The Labute approximate surface area is 187 Å². The molecule has 174 valence electrons. The SMILES string of the molecule is C=C1c2cccc(O)c2C(O)=C2C(=O)[C@]3(O)C(O)=C(C(N)=O)C(=O)[C@@H]([N+](C)(C)[O-])[C@@H]3[C@@H](O)[C@H]12. The normalized spacial score (nSPS) is 31.8. The van der Waals surface area contributed by atoms with E-state index in [9.17, 15) is 45.1 Å². The van der Waals surface area contributed by atoms with Crippen LogP contribution in [0.4, 0.5) is 0 Å². The lowest BCUT2D eigenvalue weighted by molar-refractivity contribution is -0.862. The minimum Gasteiger partial charge on any atom is -0.633 e. The number of nitrogens with two attached hydrogens (primary N) is 1. The molecule has 0 heterocycles. The highest BCUT2D eigenvalue weighted by atomic mass is 16.5. The smallest absolute Gasteiger partial charge is 0.256 e. The van der Waals surface area contributed by atoms with E-state index in [1.165, 1.54) is 18.2 Å². The summed E-state index contributed by atoms with van der Waals surface area (Å²) in [7, 11) is 2.01. The Hall–Kier alpha value is -3.51. The van der Waals surface area contributed by atoms with Crippen molar-refractivity contribution in [1.29, 1.82) is 0 Å². The molecule has 1 fully saturated rings. The summed E-state index contributed by atoms with van der Waals surface area (Å²) in [6.07, 6.45) is -1.88. The van der Waals surface area contributed by atoms with Gasteiger partial charge in [0.2, 0.25) is 11.6 Å². The van der Waals surface area contributed by atoms with Crippen LogP contribution in [0.2, 0.25) is 0 Å². The quantitative estimate of drug-likeness (QED) is 0.190. The Morgan fingerprint density at radius 2 is 1.82 bits per heavy atom. The number of benzene rings is 1. The van der Waals surface area contributed by atoms with Crippen LogP contribution in [0.15, 0.2) is 41.7 Å². The first kappa shape index (κ1) is 22.7. The number of fused-ring (bicyclic) bond motifs is 3. The molecule has 0 bridgehead atoms. The third-order valence-electron chi connectivity index (χ3n) is 6.72. The van der Waals surface area contributed by atoms with Crippen molar-refractivity contribution in [3.63, 3.8) is 0 Å². The summed E-state index contributed by atoms with van der Waals surface area (Å²) in [5.41, 5.74) is 0.416. The number of Topliss-reactive ketones (excluding diaryl/α,β-unsaturated/α-hetero) is 2. The van der Waals surface area contributed by atoms with Gasteiger partial charge < -0.3 is 41.1 Å². The summed E-state index contributed by atoms with van der Waals surface area (Å²) in [6, 6.07) is 2.25. The van der Waals surface area contributed by atoms with Crippen molar-refractivity contribution in [3.05, 3.63) is 58.0 Å². The van der Waals surface area contributed by atoms with Crippen LogP contribution >= 0.6 is 0 Å². The van der Waals surface area contributed by atoms with Gasteiger partial charge in [-0.25, -0.2) is 0 Å². The van der Waals surface area contributed by atoms with Crippen LogP contribution in [-0.4, -0.2) is 79.5 Å². The van der Waals surface area contributed by atoms with Crippen LogP contribution in [-0.2, 0) is 14.4 Å². The van der Waals surface area contributed by atoms with Gasteiger partial charge in [-0.3, -0.25) is 14.4 Å². The van der Waals surface area contributed by atoms with E-state index in [2.05, 4.69) is 6.58 Å². The van der Waals surface area contributed by atoms with Crippen molar-refractivity contribution in [1.82, 2.24) is 0 Å². The Morgan fingerprint density at radius 1 is 1.21 bits per heavy atom. The Balaban J connectivity index is 2.10. The zero-order valence-electron chi connectivity index (χ0n) is 17.6. The van der Waals surface area contributed by atoms with E-state index in [1.54, 1.807) is 0 Å². The first-order chi connectivity index (χ1) is 15.2. The van der Waals surface area contributed by atoms with E-state index in [1.807, 2.05) is 0 Å². The van der Waals surface area contributed by atoms with Crippen LogP contribution in [0.5, 0.6) is 5.75 Å². The van der Waals surface area contributed by atoms with Gasteiger partial charge in [0.25, 0.3) is 5.91 Å². The van der Waals surface area contributed by atoms with Crippen LogP contribution in [0, 0.1) is 17.0 Å². The number of phenolic OH excluding ortho intramolecular Hbond substituents is 1. The Bertz CT molecular complexity index is 1220. The third-order valence-corrected chi connectivity index (χ3v) is 6.72. The number of hydroxylamine groups is 3. The van der Waals surface area contributed by atoms with E-state index >= 15 is 0 Å². The van der Waals surface area contributed by atoms with Gasteiger partial charge in [-0.05, 0) is 17.2 Å². The number of aliphatic hydroxyl groups excluding tert-OH is 3. The molecule has 1 aromatic rings. The first-order valence-electron chi connectivity index (χ1n) is 9.89. The maximum absolute atomic E-state index is 13.6. The van der Waals surface area contributed by atoms with Gasteiger partial charge >= 0.3 is 0 Å². The number of amides is 1. The Morgan fingerprint density at radius 3 is 2.36 bits per heavy atom. The number of phenols is 1. The second kappa shape index (κ2) is 6.75. The van der Waals surface area contributed by atoms with Crippen molar-refractivity contribution in [3.8, 4) is 5.75 Å². The molecule has 0 unspecified atom stereocenters. The molecule has 4 rings (SSSR count). The van der Waals surface area contributed by atoms with Crippen LogP contribution in [0.3, 0.4) is 0 Å². The van der Waals surface area contributed by atoms with Gasteiger partial charge in [-0.15, -0.1) is 0 Å². The van der Waals surface area contributed by atoms with Gasteiger partial charge in [0.15, 0.2) is 11.6 Å². The van der Waals surface area contributed by atoms with Crippen molar-refractivity contribution in [2.24, 2.45) is 17.6 Å². The molecule has 33 heavy (non-hydrogen) atoms. The highest BCUT2D eigenvalue weighted by molar-refractivity contribution is 6.24. The molecule has 5 atom stereocenters. The zero-order chi connectivity index (χ0) is 24.8. The second-order valence-electron chi connectivity index (χ2n) is 8.91. The number of ketones is 2. The summed E-state index contributed by atoms with van der Waals surface area (Å²) in [5, 5.41) is 67.6. The number of likely N-dealkylation sites (N-methyl/N-ethyl adjacent to an activating group) is 1. The van der Waals surface area contributed by atoms with E-state index in [-0.39, 0.29) is 16.7 Å². The molecule has 0 aliphatic heterocycles. The summed E-state index contributed by atoms with van der Waals surface area (Å²) in [4.78, 5) is 38.6. The second-order valence-corrected chi connectivity index (χ2v) is 8.91. The number of carbonyl (C=O) groups excluding carboxylic acids is 3. The lowest BCUT2D eigenvalue weighted by Gasteiger charge is -2.55. The molecule has 11 nitrogen and oxygen atoms in total. The Kier molecular flexibility index (Phi) is 4.64. The standard InChI is InChI=1S/C22H22N2O9/c1-7-8-5-4-6-9(25)11(8)16(26)12-10(7)17(27)14-15(24(2,3)33)18(28)13(21(23)31)20(30)22(14,32)19(12)29/h4-6,10,14-15,17,25-27,30,32H,1H2,2-3H3,(H2,23,31)/t10-,14-,15+,17+,22+/m1/s1. The average molecular weight is 458 g/mol. The average Bonchev–Trinajstić information content (AvgIpc) is 2.69. The fourth-order valence-corrected chi connectivity index (χ4v) is 5.32. The molecular formula is C22H22N2O9. The van der Waals surface area contributed by atoms with E-state index in [0.717, 1.165) is 14.1 Å². The molecule has 3 aliphatic rings. The number of aliphatic hydroxyl groups is 4. The predicted molar refractivity (Wildman–Crippen MR) is 113 cm³/mol. The van der Waals surface area contributed by atoms with Gasteiger partial charge in [0.05, 0.1) is 37.3 Å². The summed E-state index contributed by atoms with van der Waals surface area (Å²) < 4.78 is -1.47. The zero-order valence-corrected chi connectivity index (χ0v) is 17.6. The number of aromatic hydroxyl groups is 1. The van der Waals surface area contributed by atoms with Gasteiger partial charge in [-0.2, -0.15) is 0 Å². The summed E-state index contributed by atoms with van der Waals surface area (Å²) in [5.74, 6) is -10.00. The molecule has 7 N–H and O–H groups in total. The van der Waals surface area contributed by atoms with Crippen molar-refractivity contribution in [2.75, 3.05) is 14.1 Å². The van der Waals surface area contributed by atoms with Crippen LogP contribution in [0.25, 0.3) is 11.3 Å². The molecule has 0 saturated heterocycles. The number of nitrogens with zero attached hydrogens (tertiary/aromatic N) is 1. The molecule has 0 radical (unpaired) electrons. The first-order valence-corrected chi connectivity index (χ1v) is 9.89. The van der Waals surface area contributed by atoms with Crippen LogP contribution in [0.1, 0.15) is 11.1 Å². The fraction of sp³-hybridized carbons (Fsp3) is 0.318. The molecule has 1 saturated carbocycles. The maximum atomic E-state index is 13.6. The molecular weight excluding hydrogens is 436 g/mol. The van der Waals surface area contributed by atoms with E-state index in [0.29, 0.717) is 0 Å². The summed E-state index contributed by atoms with van der Waals surface area (Å²) >= 11 is 0. The number of hydrogen-bond donors (Lipinski definition) is 6. The van der Waals surface area contributed by atoms with Crippen molar-refractivity contribution < 1.29 is 44.6 Å². The topological polar surface area (TPSA) is 201 Å². The summed E-state index contributed by atoms with van der Waals surface area (Å²) in [6.45, 7) is 3.86. The van der Waals surface area contributed by atoms with Gasteiger partial charge in [0, 0.05) is 5.92 Å². The molecule has 1 aromatic carbocycles. The van der Waals surface area contributed by atoms with Gasteiger partial charge in [-0.1, -0.05) is 18.7 Å². The predicted octanol–water partition coefficient (Wildman–Crippen LogP) is -0.582. The number of primary amides is 1. The van der Waals surface area contributed by atoms with Crippen molar-refractivity contribution in [2.45, 2.75) is 17.7 Å². The minimum atomic E-state index is -3.13. The number of rotatable bonds is 2. The lowest BCUT2D eigenvalue weighted by atomic mass is 9.55. The number of carbonyl (C=O) groups is 3. The van der Waals surface area contributed by atoms with Gasteiger partial charge in [0.1, 0.15) is 22.8 Å². The largest absolute Gasteiger partial charge is 0.633 e. The molecule has 0 spiro atoms. The molecule has 0 aromatic heterocycles. The van der Waals surface area contributed by atoms with E-state index in [4.69, 9.17) is 5.73 Å². The number of quaternary nitrogens is 1. The fourth-order valence-electron chi connectivity index (χ4n) is 5.32. The van der Waals surface area contributed by atoms with Crippen molar-refractivity contribution >= 4 is 28.8 Å².